The summed E-state index contributed by atoms with van der Waals surface area (Å²) < 4.78 is 9.41. The highest BCUT2D eigenvalue weighted by molar-refractivity contribution is 5.94. The van der Waals surface area contributed by atoms with Crippen LogP contribution in [0, 0.1) is 13.8 Å². The average molecular weight is 339 g/mol. The highest BCUT2D eigenvalue weighted by Gasteiger charge is 2.33. The van der Waals surface area contributed by atoms with Crippen LogP contribution in [-0.4, -0.2) is 49.7 Å². The van der Waals surface area contributed by atoms with Crippen LogP contribution in [0.2, 0.25) is 0 Å². The van der Waals surface area contributed by atoms with Gasteiger partial charge in [-0.3, -0.25) is 9.48 Å². The highest BCUT2D eigenvalue weighted by atomic mass is 16.5. The number of hydrogen-bond acceptors (Lipinski definition) is 4. The third kappa shape index (κ3) is 2.60. The summed E-state index contributed by atoms with van der Waals surface area (Å²) in [5, 5.41) is 4.50. The zero-order chi connectivity index (χ0) is 17.6. The Morgan fingerprint density at radius 3 is 2.92 bits per heavy atom. The normalized spacial score (nSPS) is 18.0. The molecular formula is C18H21N5O2. The summed E-state index contributed by atoms with van der Waals surface area (Å²) in [5.74, 6) is 0.00607. The van der Waals surface area contributed by atoms with Crippen molar-refractivity contribution in [2.75, 3.05) is 19.8 Å². The van der Waals surface area contributed by atoms with E-state index in [4.69, 9.17) is 4.74 Å². The number of amides is 1. The zero-order valence-electron chi connectivity index (χ0n) is 14.6. The number of ether oxygens (including phenoxy) is 1. The Kier molecular flexibility index (Phi) is 3.80. The molecule has 1 amide bonds. The first kappa shape index (κ1) is 15.8. The number of aromatic nitrogens is 4. The summed E-state index contributed by atoms with van der Waals surface area (Å²) in [6.45, 7) is 5.63. The topological polar surface area (TPSA) is 64.7 Å². The van der Waals surface area contributed by atoms with Crippen molar-refractivity contribution in [3.05, 3.63) is 53.2 Å². The summed E-state index contributed by atoms with van der Waals surface area (Å²) in [7, 11) is 1.93. The van der Waals surface area contributed by atoms with Crippen molar-refractivity contribution in [1.82, 2.24) is 24.1 Å². The molecule has 7 heteroatoms. The van der Waals surface area contributed by atoms with E-state index in [1.54, 1.807) is 6.20 Å². The molecule has 1 saturated heterocycles. The molecule has 4 rings (SSSR count). The molecule has 1 fully saturated rings. The van der Waals surface area contributed by atoms with Crippen LogP contribution in [0.4, 0.5) is 0 Å². The van der Waals surface area contributed by atoms with Crippen LogP contribution in [0.3, 0.4) is 0 Å². The van der Waals surface area contributed by atoms with E-state index in [1.807, 2.05) is 59.4 Å². The van der Waals surface area contributed by atoms with Gasteiger partial charge in [0.25, 0.3) is 5.91 Å². The molecular weight excluding hydrogens is 318 g/mol. The first-order chi connectivity index (χ1) is 12.1. The Morgan fingerprint density at radius 1 is 1.32 bits per heavy atom. The Morgan fingerprint density at radius 2 is 2.16 bits per heavy atom. The number of imidazole rings is 1. The van der Waals surface area contributed by atoms with Crippen molar-refractivity contribution >= 4 is 11.6 Å². The third-order valence-corrected chi connectivity index (χ3v) is 4.92. The van der Waals surface area contributed by atoms with E-state index in [1.165, 1.54) is 0 Å². The van der Waals surface area contributed by atoms with Crippen LogP contribution in [0.5, 0.6) is 0 Å². The minimum absolute atomic E-state index is 0.00607. The number of carbonyl (C=O) groups is 1. The number of pyridine rings is 1. The second-order valence-corrected chi connectivity index (χ2v) is 6.41. The minimum Gasteiger partial charge on any atom is -0.377 e. The van der Waals surface area contributed by atoms with Crippen LogP contribution >= 0.6 is 0 Å². The molecule has 0 saturated carbocycles. The van der Waals surface area contributed by atoms with Gasteiger partial charge in [0.1, 0.15) is 5.65 Å². The first-order valence-corrected chi connectivity index (χ1v) is 8.38. The van der Waals surface area contributed by atoms with Gasteiger partial charge in [-0.1, -0.05) is 0 Å². The largest absolute Gasteiger partial charge is 0.377 e. The molecule has 1 aliphatic rings. The maximum Gasteiger partial charge on any atom is 0.256 e. The molecule has 7 nitrogen and oxygen atoms in total. The molecule has 3 aromatic heterocycles. The molecule has 3 aromatic rings. The number of hydrogen-bond donors (Lipinski definition) is 0. The van der Waals surface area contributed by atoms with E-state index < -0.39 is 0 Å². The van der Waals surface area contributed by atoms with Crippen LogP contribution in [0.15, 0.2) is 30.7 Å². The Bertz CT molecular complexity index is 942. The Labute approximate surface area is 145 Å². The maximum absolute atomic E-state index is 13.2. The summed E-state index contributed by atoms with van der Waals surface area (Å²) >= 11 is 0. The number of morpholine rings is 1. The predicted molar refractivity (Wildman–Crippen MR) is 92.5 cm³/mol. The van der Waals surface area contributed by atoms with E-state index >= 15 is 0 Å². The summed E-state index contributed by atoms with van der Waals surface area (Å²) in [5.41, 5.74) is 4.57. The number of aryl methyl sites for hydroxylation is 2. The lowest BCUT2D eigenvalue weighted by Gasteiger charge is -2.36. The molecule has 0 N–H and O–H groups in total. The lowest BCUT2D eigenvalue weighted by Crippen LogP contribution is -2.43. The lowest BCUT2D eigenvalue weighted by molar-refractivity contribution is -0.00307. The standard InChI is InChI=1S/C18H21N5O2/c1-12-17(13(2)21(3)20-12)15-11-25-9-8-23(15)18(24)14-4-5-16-19-6-7-22(16)10-14/h4-7,10,15H,8-9,11H2,1-3H3. The third-order valence-electron chi connectivity index (χ3n) is 4.92. The zero-order valence-corrected chi connectivity index (χ0v) is 14.6. The molecule has 130 valence electrons. The van der Waals surface area contributed by atoms with E-state index in [2.05, 4.69) is 10.1 Å². The van der Waals surface area contributed by atoms with Crippen molar-refractivity contribution in [1.29, 1.82) is 0 Å². The van der Waals surface area contributed by atoms with Gasteiger partial charge in [-0.25, -0.2) is 4.98 Å². The quantitative estimate of drug-likeness (QED) is 0.715. The van der Waals surface area contributed by atoms with Crippen molar-refractivity contribution in [3.8, 4) is 0 Å². The molecule has 25 heavy (non-hydrogen) atoms. The number of carbonyl (C=O) groups excluding carboxylic acids is 1. The van der Waals surface area contributed by atoms with E-state index in [0.29, 0.717) is 25.3 Å². The van der Waals surface area contributed by atoms with Gasteiger partial charge >= 0.3 is 0 Å². The molecule has 0 aliphatic carbocycles. The highest BCUT2D eigenvalue weighted by Crippen LogP contribution is 2.30. The van der Waals surface area contributed by atoms with E-state index in [-0.39, 0.29) is 11.9 Å². The van der Waals surface area contributed by atoms with Gasteiger partial charge in [-0.15, -0.1) is 0 Å². The van der Waals surface area contributed by atoms with E-state index in [0.717, 1.165) is 22.6 Å². The van der Waals surface area contributed by atoms with Crippen LogP contribution in [0.1, 0.15) is 33.4 Å². The van der Waals surface area contributed by atoms with Crippen molar-refractivity contribution in [2.24, 2.45) is 7.05 Å². The first-order valence-electron chi connectivity index (χ1n) is 8.38. The van der Waals surface area contributed by atoms with E-state index in [9.17, 15) is 4.79 Å². The van der Waals surface area contributed by atoms with Crippen LogP contribution < -0.4 is 0 Å². The molecule has 0 aromatic carbocycles. The fraction of sp³-hybridized carbons (Fsp3) is 0.389. The summed E-state index contributed by atoms with van der Waals surface area (Å²) in [6.07, 6.45) is 5.40. The molecule has 1 aliphatic heterocycles. The smallest absolute Gasteiger partial charge is 0.256 e. The average Bonchev–Trinajstić information content (AvgIpc) is 3.18. The number of rotatable bonds is 2. The fourth-order valence-electron chi connectivity index (χ4n) is 3.57. The van der Waals surface area contributed by atoms with Crippen LogP contribution in [0.25, 0.3) is 5.65 Å². The van der Waals surface area contributed by atoms with Gasteiger partial charge in [-0.05, 0) is 26.0 Å². The molecule has 4 heterocycles. The van der Waals surface area contributed by atoms with Crippen molar-refractivity contribution in [3.63, 3.8) is 0 Å². The van der Waals surface area contributed by atoms with Crippen molar-refractivity contribution < 1.29 is 9.53 Å². The van der Waals surface area contributed by atoms with Gasteiger partial charge in [-0.2, -0.15) is 5.10 Å². The lowest BCUT2D eigenvalue weighted by atomic mass is 10.0. The summed E-state index contributed by atoms with van der Waals surface area (Å²) in [6, 6.07) is 3.58. The van der Waals surface area contributed by atoms with Gasteiger partial charge in [0.2, 0.25) is 0 Å². The number of fused-ring (bicyclic) bond motifs is 1. The second kappa shape index (κ2) is 6.00. The maximum atomic E-state index is 13.2. The van der Waals surface area contributed by atoms with Crippen molar-refractivity contribution in [2.45, 2.75) is 19.9 Å². The monoisotopic (exact) mass is 339 g/mol. The predicted octanol–water partition coefficient (Wildman–Crippen LogP) is 1.90. The fourth-order valence-corrected chi connectivity index (χ4v) is 3.57. The summed E-state index contributed by atoms with van der Waals surface area (Å²) in [4.78, 5) is 19.3. The Hall–Kier alpha value is -2.67. The SMILES string of the molecule is Cc1nn(C)c(C)c1C1COCCN1C(=O)c1ccc2nccn2c1. The Balaban J connectivity index is 1.71. The van der Waals surface area contributed by atoms with Crippen LogP contribution in [-0.2, 0) is 11.8 Å². The molecule has 1 unspecified atom stereocenters. The molecule has 1 atom stereocenters. The van der Waals surface area contributed by atoms with Gasteiger partial charge < -0.3 is 14.0 Å². The van der Waals surface area contributed by atoms with Gasteiger partial charge in [0, 0.05) is 43.4 Å². The number of nitrogens with zero attached hydrogens (tertiary/aromatic N) is 5. The van der Waals surface area contributed by atoms with Gasteiger partial charge in [0.15, 0.2) is 0 Å². The molecule has 0 radical (unpaired) electrons. The minimum atomic E-state index is -0.117. The molecule has 0 spiro atoms. The van der Waals surface area contributed by atoms with Gasteiger partial charge in [0.05, 0.1) is 30.5 Å². The second-order valence-electron chi connectivity index (χ2n) is 6.41. The molecule has 0 bridgehead atoms.